The van der Waals surface area contributed by atoms with E-state index < -0.39 is 5.60 Å². The Morgan fingerprint density at radius 1 is 1.57 bits per heavy atom. The molecule has 1 N–H and O–H groups in total. The Kier molecular flexibility index (Phi) is 1.32. The molecule has 4 atom stereocenters. The summed E-state index contributed by atoms with van der Waals surface area (Å²) < 4.78 is 0. The first-order valence-corrected chi connectivity index (χ1v) is 5.46. The van der Waals surface area contributed by atoms with Crippen LogP contribution in [0.1, 0.15) is 33.1 Å². The van der Waals surface area contributed by atoms with E-state index in [9.17, 15) is 9.90 Å². The van der Waals surface area contributed by atoms with Gasteiger partial charge in [-0.3, -0.25) is 4.79 Å². The molecule has 14 heavy (non-hydrogen) atoms. The second-order valence-electron chi connectivity index (χ2n) is 5.39. The summed E-state index contributed by atoms with van der Waals surface area (Å²) in [6, 6.07) is 0. The molecule has 0 aromatic carbocycles. The Bertz CT molecular complexity index is 357. The van der Waals surface area contributed by atoms with Gasteiger partial charge in [0.1, 0.15) is 0 Å². The first-order valence-electron chi connectivity index (χ1n) is 5.46. The van der Waals surface area contributed by atoms with Gasteiger partial charge in [0, 0.05) is 11.8 Å². The number of ketones is 1. The molecule has 3 rings (SSSR count). The number of allylic oxidation sites excluding steroid dienone is 1. The number of rotatable bonds is 0. The van der Waals surface area contributed by atoms with E-state index in [2.05, 4.69) is 13.8 Å². The highest BCUT2D eigenvalue weighted by atomic mass is 16.3. The van der Waals surface area contributed by atoms with Gasteiger partial charge in [-0.05, 0) is 30.8 Å². The van der Waals surface area contributed by atoms with Crippen LogP contribution in [0.3, 0.4) is 0 Å². The van der Waals surface area contributed by atoms with Crippen molar-refractivity contribution in [3.63, 3.8) is 0 Å². The van der Waals surface area contributed by atoms with Gasteiger partial charge in [0.25, 0.3) is 0 Å². The maximum atomic E-state index is 11.3. The summed E-state index contributed by atoms with van der Waals surface area (Å²) in [5, 5.41) is 10.5. The van der Waals surface area contributed by atoms with E-state index in [0.29, 0.717) is 18.3 Å². The molecule has 2 heteroatoms. The van der Waals surface area contributed by atoms with Crippen molar-refractivity contribution in [3.8, 4) is 0 Å². The highest BCUT2D eigenvalue weighted by molar-refractivity contribution is 5.92. The first kappa shape index (κ1) is 8.66. The molecule has 0 aliphatic heterocycles. The van der Waals surface area contributed by atoms with Gasteiger partial charge >= 0.3 is 0 Å². The number of carbonyl (C=O) groups is 1. The van der Waals surface area contributed by atoms with Gasteiger partial charge in [0.05, 0.1) is 5.60 Å². The Hall–Kier alpha value is -0.630. The van der Waals surface area contributed by atoms with E-state index in [0.717, 1.165) is 12.8 Å². The molecular formula is C12H16O2. The molecule has 0 heterocycles. The Morgan fingerprint density at radius 2 is 2.29 bits per heavy atom. The topological polar surface area (TPSA) is 37.3 Å². The minimum absolute atomic E-state index is 0.0923. The zero-order valence-corrected chi connectivity index (χ0v) is 8.71. The fourth-order valence-corrected chi connectivity index (χ4v) is 3.81. The van der Waals surface area contributed by atoms with E-state index in [1.165, 1.54) is 5.57 Å². The lowest BCUT2D eigenvalue weighted by Crippen LogP contribution is -2.37. The Morgan fingerprint density at radius 3 is 3.00 bits per heavy atom. The normalized spacial score (nSPS) is 55.1. The van der Waals surface area contributed by atoms with Gasteiger partial charge < -0.3 is 5.11 Å². The summed E-state index contributed by atoms with van der Waals surface area (Å²) in [6.45, 7) is 4.26. The van der Waals surface area contributed by atoms with Crippen LogP contribution in [-0.4, -0.2) is 16.5 Å². The average Bonchev–Trinajstić information content (AvgIpc) is 2.54. The summed E-state index contributed by atoms with van der Waals surface area (Å²) in [5.74, 6) is 1.09. The third-order valence-corrected chi connectivity index (χ3v) is 4.99. The number of fused-ring (bicyclic) bond motifs is 3. The fraction of sp³-hybridized carbons (Fsp3) is 0.750. The van der Waals surface area contributed by atoms with Gasteiger partial charge in [0.2, 0.25) is 0 Å². The molecule has 2 nitrogen and oxygen atoms in total. The zero-order chi connectivity index (χ0) is 10.1. The van der Waals surface area contributed by atoms with Crippen LogP contribution in [0.25, 0.3) is 0 Å². The van der Waals surface area contributed by atoms with Crippen molar-refractivity contribution in [1.29, 1.82) is 0 Å². The maximum Gasteiger partial charge on any atom is 0.155 e. The van der Waals surface area contributed by atoms with E-state index >= 15 is 0 Å². The van der Waals surface area contributed by atoms with Crippen molar-refractivity contribution in [2.75, 3.05) is 0 Å². The standard InChI is InChI=1S/C12H16O2/c1-7-10-6-8-5-9(13)3-4-11(8,2)12(7,10)14/h5,7,10,14H,3-4,6H2,1-2H3. The van der Waals surface area contributed by atoms with Gasteiger partial charge in [0.15, 0.2) is 5.78 Å². The molecule has 0 saturated heterocycles. The van der Waals surface area contributed by atoms with Crippen molar-refractivity contribution in [1.82, 2.24) is 0 Å². The molecule has 0 spiro atoms. The molecule has 0 radical (unpaired) electrons. The van der Waals surface area contributed by atoms with Gasteiger partial charge in [-0.1, -0.05) is 19.4 Å². The Balaban J connectivity index is 2.08. The van der Waals surface area contributed by atoms with Gasteiger partial charge in [-0.25, -0.2) is 0 Å². The first-order chi connectivity index (χ1) is 6.50. The quantitative estimate of drug-likeness (QED) is 0.634. The minimum Gasteiger partial charge on any atom is -0.388 e. The van der Waals surface area contributed by atoms with E-state index in [4.69, 9.17) is 0 Å². The molecule has 2 saturated carbocycles. The van der Waals surface area contributed by atoms with Crippen LogP contribution in [0.2, 0.25) is 0 Å². The predicted octanol–water partition coefficient (Wildman–Crippen LogP) is 1.68. The average molecular weight is 192 g/mol. The third-order valence-electron chi connectivity index (χ3n) is 4.99. The zero-order valence-electron chi connectivity index (χ0n) is 8.71. The van der Waals surface area contributed by atoms with Crippen LogP contribution < -0.4 is 0 Å². The molecule has 3 aliphatic rings. The van der Waals surface area contributed by atoms with Crippen molar-refractivity contribution in [2.24, 2.45) is 17.3 Å². The molecule has 3 aliphatic carbocycles. The molecular weight excluding hydrogens is 176 g/mol. The second kappa shape index (κ2) is 2.13. The van der Waals surface area contributed by atoms with Crippen LogP contribution in [0.4, 0.5) is 0 Å². The lowest BCUT2D eigenvalue weighted by atomic mass is 9.70. The molecule has 0 aromatic heterocycles. The maximum absolute atomic E-state index is 11.3. The van der Waals surface area contributed by atoms with Crippen LogP contribution in [0.15, 0.2) is 11.6 Å². The number of hydrogen-bond acceptors (Lipinski definition) is 2. The van der Waals surface area contributed by atoms with Crippen LogP contribution in [-0.2, 0) is 4.79 Å². The highest BCUT2D eigenvalue weighted by Gasteiger charge is 2.75. The number of carbonyl (C=O) groups excluding carboxylic acids is 1. The summed E-state index contributed by atoms with van der Waals surface area (Å²) >= 11 is 0. The SMILES string of the molecule is CC1C2CC3=CC(=O)CCC3(C)C12O. The summed E-state index contributed by atoms with van der Waals surface area (Å²) in [6.07, 6.45) is 4.19. The largest absolute Gasteiger partial charge is 0.388 e. The number of aliphatic hydroxyl groups is 1. The lowest BCUT2D eigenvalue weighted by molar-refractivity contribution is -0.116. The van der Waals surface area contributed by atoms with Crippen LogP contribution >= 0.6 is 0 Å². The van der Waals surface area contributed by atoms with E-state index in [-0.39, 0.29) is 11.2 Å². The molecule has 4 unspecified atom stereocenters. The Labute approximate surface area is 84.0 Å². The highest BCUT2D eigenvalue weighted by Crippen LogP contribution is 2.73. The van der Waals surface area contributed by atoms with Crippen LogP contribution in [0, 0.1) is 17.3 Å². The van der Waals surface area contributed by atoms with E-state index in [1.54, 1.807) is 6.08 Å². The van der Waals surface area contributed by atoms with Crippen LogP contribution in [0.5, 0.6) is 0 Å². The molecule has 2 fully saturated rings. The summed E-state index contributed by atoms with van der Waals surface area (Å²) in [4.78, 5) is 11.3. The van der Waals surface area contributed by atoms with Gasteiger partial charge in [-0.2, -0.15) is 0 Å². The summed E-state index contributed by atoms with van der Waals surface area (Å²) in [7, 11) is 0. The second-order valence-corrected chi connectivity index (χ2v) is 5.39. The molecule has 0 amide bonds. The smallest absolute Gasteiger partial charge is 0.155 e. The molecule has 76 valence electrons. The van der Waals surface area contributed by atoms with E-state index in [1.807, 2.05) is 0 Å². The fourth-order valence-electron chi connectivity index (χ4n) is 3.81. The van der Waals surface area contributed by atoms with Gasteiger partial charge in [-0.15, -0.1) is 0 Å². The predicted molar refractivity (Wildman–Crippen MR) is 52.7 cm³/mol. The molecule has 0 bridgehead atoms. The van der Waals surface area contributed by atoms with Crippen molar-refractivity contribution in [3.05, 3.63) is 11.6 Å². The number of hydrogen-bond donors (Lipinski definition) is 1. The summed E-state index contributed by atoms with van der Waals surface area (Å²) in [5.41, 5.74) is 0.629. The van der Waals surface area contributed by atoms with Crippen molar-refractivity contribution < 1.29 is 9.90 Å². The minimum atomic E-state index is -0.487. The van der Waals surface area contributed by atoms with Crippen molar-refractivity contribution in [2.45, 2.75) is 38.7 Å². The lowest BCUT2D eigenvalue weighted by Gasteiger charge is -2.37. The monoisotopic (exact) mass is 192 g/mol. The molecule has 0 aromatic rings. The third kappa shape index (κ3) is 0.681. The van der Waals surface area contributed by atoms with Crippen molar-refractivity contribution >= 4 is 5.78 Å².